The molecule has 1 fully saturated rings. The summed E-state index contributed by atoms with van der Waals surface area (Å²) in [6.45, 7) is 0.465. The van der Waals surface area contributed by atoms with Gasteiger partial charge in [0.2, 0.25) is 0 Å². The van der Waals surface area contributed by atoms with Crippen molar-refractivity contribution in [2.75, 3.05) is 11.6 Å². The third-order valence-electron chi connectivity index (χ3n) is 7.84. The van der Waals surface area contributed by atoms with E-state index < -0.39 is 9.39 Å². The summed E-state index contributed by atoms with van der Waals surface area (Å²) in [5.74, 6) is 8.23. The lowest BCUT2D eigenvalue weighted by Crippen LogP contribution is -2.26. The first-order chi connectivity index (χ1) is 21.2. The predicted octanol–water partition coefficient (Wildman–Crippen LogP) is 7.21. The van der Waals surface area contributed by atoms with Gasteiger partial charge in [-0.2, -0.15) is 14.5 Å². The zero-order valence-electron chi connectivity index (χ0n) is 24.2. The van der Waals surface area contributed by atoms with Crippen LogP contribution in [0.3, 0.4) is 0 Å². The molecule has 6 aromatic rings. The van der Waals surface area contributed by atoms with Crippen molar-refractivity contribution in [1.29, 1.82) is 0 Å². The molecule has 5 heterocycles. The Hall–Kier alpha value is -4.45. The number of nitrogens with one attached hydrogen (secondary N) is 4. The standard InChI is InChI=1S/C33H31FN8S2/c1-44(2,3)37-16-19-11-21(13-23(34)12-19)30-25-15-29(39-27(25)9-10-36-30)32-31-28(41-42-32)8-7-26(40-31)22-14-24(18-35-17-22)38-33(43)20-5-4-6-20/h7-15,17-18,20,37,39H,1-2,4-6,16H2,3H3,(H,38,43)(H,41,42). The summed E-state index contributed by atoms with van der Waals surface area (Å²) in [4.78, 5) is 18.4. The second-order valence-corrected chi connectivity index (χ2v) is 14.8. The highest BCUT2D eigenvalue weighted by atomic mass is 32.2. The Bertz CT molecular complexity index is 2160. The molecule has 222 valence electrons. The lowest BCUT2D eigenvalue weighted by Gasteiger charge is -2.26. The van der Waals surface area contributed by atoms with Crippen molar-refractivity contribution in [3.05, 3.63) is 78.5 Å². The van der Waals surface area contributed by atoms with Crippen LogP contribution in [-0.4, -0.2) is 53.1 Å². The molecule has 0 bridgehead atoms. The smallest absolute Gasteiger partial charge is 0.135 e. The highest BCUT2D eigenvalue weighted by molar-refractivity contribution is 8.25. The van der Waals surface area contributed by atoms with E-state index >= 15 is 0 Å². The van der Waals surface area contributed by atoms with Crippen molar-refractivity contribution in [1.82, 2.24) is 34.9 Å². The largest absolute Gasteiger partial charge is 0.353 e. The third-order valence-corrected chi connectivity index (χ3v) is 9.12. The van der Waals surface area contributed by atoms with Crippen LogP contribution in [0, 0.1) is 11.7 Å². The lowest BCUT2D eigenvalue weighted by molar-refractivity contribution is 0.417. The van der Waals surface area contributed by atoms with E-state index in [4.69, 9.17) is 17.2 Å². The number of rotatable bonds is 8. The molecule has 0 spiro atoms. The van der Waals surface area contributed by atoms with Crippen molar-refractivity contribution >= 4 is 66.0 Å². The summed E-state index contributed by atoms with van der Waals surface area (Å²) in [6.07, 6.45) is 10.8. The minimum atomic E-state index is -1.44. The number of hydrogen-bond acceptors (Lipinski definition) is 6. The van der Waals surface area contributed by atoms with Gasteiger partial charge in [-0.1, -0.05) is 30.4 Å². The first kappa shape index (κ1) is 28.3. The fourth-order valence-electron chi connectivity index (χ4n) is 5.37. The highest BCUT2D eigenvalue weighted by Gasteiger charge is 2.22. The predicted molar refractivity (Wildman–Crippen MR) is 186 cm³/mol. The van der Waals surface area contributed by atoms with Crippen LogP contribution in [0.1, 0.15) is 24.8 Å². The van der Waals surface area contributed by atoms with Crippen LogP contribution in [0.25, 0.3) is 55.8 Å². The highest BCUT2D eigenvalue weighted by Crippen LogP contribution is 2.34. The Kier molecular flexibility index (Phi) is 7.23. The summed E-state index contributed by atoms with van der Waals surface area (Å²) in [6, 6.07) is 14.8. The molecule has 1 aliphatic carbocycles. The van der Waals surface area contributed by atoms with Crippen molar-refractivity contribution in [2.24, 2.45) is 5.92 Å². The average Bonchev–Trinajstić information content (AvgIpc) is 3.58. The molecule has 0 aliphatic heterocycles. The van der Waals surface area contributed by atoms with E-state index in [1.54, 1.807) is 18.6 Å². The van der Waals surface area contributed by atoms with Gasteiger partial charge in [-0.15, -0.1) is 0 Å². The van der Waals surface area contributed by atoms with E-state index in [1.807, 2.05) is 42.7 Å². The summed E-state index contributed by atoms with van der Waals surface area (Å²) >= 11 is 5.60. The molecule has 7 rings (SSSR count). The van der Waals surface area contributed by atoms with Crippen molar-refractivity contribution < 1.29 is 4.39 Å². The van der Waals surface area contributed by atoms with E-state index in [1.165, 1.54) is 18.6 Å². The zero-order chi connectivity index (χ0) is 30.4. The van der Waals surface area contributed by atoms with Gasteiger partial charge in [-0.3, -0.25) is 19.8 Å². The molecule has 1 aromatic carbocycles. The van der Waals surface area contributed by atoms with Gasteiger partial charge in [0.05, 0.1) is 39.5 Å². The number of thiocarbonyl (C=S) groups is 1. The van der Waals surface area contributed by atoms with Gasteiger partial charge in [0, 0.05) is 46.9 Å². The molecule has 0 unspecified atom stereocenters. The van der Waals surface area contributed by atoms with Crippen LogP contribution in [-0.2, 0) is 6.54 Å². The van der Waals surface area contributed by atoms with E-state index in [-0.39, 0.29) is 5.82 Å². The minimum Gasteiger partial charge on any atom is -0.353 e. The normalized spacial score (nSPS) is 13.8. The quantitative estimate of drug-likeness (QED) is 0.133. The summed E-state index contributed by atoms with van der Waals surface area (Å²) in [5.41, 5.74) is 8.50. The second kappa shape index (κ2) is 11.2. The Labute approximate surface area is 260 Å². The molecule has 1 aliphatic rings. The Balaban J connectivity index is 1.23. The van der Waals surface area contributed by atoms with E-state index in [9.17, 15) is 4.39 Å². The van der Waals surface area contributed by atoms with Gasteiger partial charge in [0.1, 0.15) is 17.0 Å². The second-order valence-electron chi connectivity index (χ2n) is 11.5. The maximum absolute atomic E-state index is 14.7. The number of nitrogens with zero attached hydrogens (tertiary/aromatic N) is 4. The molecule has 0 saturated heterocycles. The molecular weight excluding hydrogens is 592 g/mol. The maximum atomic E-state index is 14.7. The van der Waals surface area contributed by atoms with Gasteiger partial charge in [0.15, 0.2) is 0 Å². The van der Waals surface area contributed by atoms with Crippen molar-refractivity contribution in [3.63, 3.8) is 0 Å². The fraction of sp³-hybridized carbons (Fsp3) is 0.182. The number of hydrogen-bond donors (Lipinski definition) is 4. The number of halogens is 1. The molecule has 8 nitrogen and oxygen atoms in total. The van der Waals surface area contributed by atoms with Crippen LogP contribution < -0.4 is 10.0 Å². The van der Waals surface area contributed by atoms with Gasteiger partial charge in [-0.25, -0.2) is 9.37 Å². The Morgan fingerprint density at radius 2 is 1.91 bits per heavy atom. The minimum absolute atomic E-state index is 0.327. The molecular formula is C33H31FN8S2. The molecule has 0 amide bonds. The first-order valence-corrected chi connectivity index (χ1v) is 17.1. The fourth-order valence-corrected chi connectivity index (χ4v) is 6.24. The number of H-pyrrole nitrogens is 2. The molecule has 11 heteroatoms. The van der Waals surface area contributed by atoms with Crippen LogP contribution in [0.4, 0.5) is 10.1 Å². The number of benzene rings is 1. The number of pyridine rings is 3. The number of fused-ring (bicyclic) bond motifs is 2. The molecule has 4 N–H and O–H groups in total. The van der Waals surface area contributed by atoms with E-state index in [0.29, 0.717) is 29.4 Å². The zero-order valence-corrected chi connectivity index (χ0v) is 25.8. The van der Waals surface area contributed by atoms with Gasteiger partial charge >= 0.3 is 0 Å². The van der Waals surface area contributed by atoms with Gasteiger partial charge in [-0.05, 0) is 73.2 Å². The van der Waals surface area contributed by atoms with Crippen molar-refractivity contribution in [2.45, 2.75) is 25.8 Å². The van der Waals surface area contributed by atoms with E-state index in [2.05, 4.69) is 46.9 Å². The van der Waals surface area contributed by atoms with Gasteiger partial charge in [0.25, 0.3) is 0 Å². The van der Waals surface area contributed by atoms with Crippen LogP contribution in [0.2, 0.25) is 0 Å². The lowest BCUT2D eigenvalue weighted by atomic mass is 9.85. The molecule has 5 aromatic heterocycles. The van der Waals surface area contributed by atoms with Crippen LogP contribution in [0.15, 0.2) is 67.1 Å². The summed E-state index contributed by atoms with van der Waals surface area (Å²) in [5, 5.41) is 11.9. The maximum Gasteiger partial charge on any atom is 0.135 e. The molecule has 44 heavy (non-hydrogen) atoms. The SMILES string of the molecule is C=S(=C)(C)NCc1cc(F)cc(-c2nccc3[nH]c(-c4n[nH]c5ccc(-c6cncc(NC(=S)C7CCC7)c6)nc45)cc23)c1. The van der Waals surface area contributed by atoms with Crippen LogP contribution >= 0.6 is 21.6 Å². The number of anilines is 1. The first-order valence-electron chi connectivity index (χ1n) is 14.3. The monoisotopic (exact) mass is 622 g/mol. The summed E-state index contributed by atoms with van der Waals surface area (Å²) < 4.78 is 18.0. The molecule has 1 saturated carbocycles. The average molecular weight is 623 g/mol. The van der Waals surface area contributed by atoms with Crippen molar-refractivity contribution in [3.8, 4) is 33.9 Å². The summed E-state index contributed by atoms with van der Waals surface area (Å²) in [7, 11) is -1.44. The number of aromatic amines is 2. The Morgan fingerprint density at radius 3 is 2.70 bits per heavy atom. The molecule has 0 atom stereocenters. The van der Waals surface area contributed by atoms with Crippen LogP contribution in [0.5, 0.6) is 0 Å². The molecule has 0 radical (unpaired) electrons. The number of aromatic nitrogens is 6. The topological polar surface area (TPSA) is 107 Å². The third kappa shape index (κ3) is 5.73. The van der Waals surface area contributed by atoms with Gasteiger partial charge < -0.3 is 10.3 Å². The Morgan fingerprint density at radius 1 is 1.05 bits per heavy atom. The van der Waals surface area contributed by atoms with E-state index in [0.717, 1.165) is 68.0 Å².